The second kappa shape index (κ2) is 8.32. The third kappa shape index (κ3) is 3.81. The van der Waals surface area contributed by atoms with E-state index in [1.807, 2.05) is 6.07 Å². The molecule has 2 aliphatic rings. The standard InChI is InChI=1S/C16H26N4O2.HI/c1-3-21-14-10-13(16(14)7-4-5-8-16)19-15(17-2)18-11-12-6-9-22-20-12;/h6,9,13-14H,3-5,7-8,10-11H2,1-2H3,(H2,17,18,19);1H. The smallest absolute Gasteiger partial charge is 0.191 e. The largest absolute Gasteiger partial charge is 0.378 e. The van der Waals surface area contributed by atoms with Crippen LogP contribution in [0.4, 0.5) is 0 Å². The number of nitrogens with one attached hydrogen (secondary N) is 2. The first-order valence-electron chi connectivity index (χ1n) is 8.26. The highest BCUT2D eigenvalue weighted by molar-refractivity contribution is 14.0. The molecular weight excluding hydrogens is 407 g/mol. The van der Waals surface area contributed by atoms with Gasteiger partial charge in [-0.25, -0.2) is 0 Å². The lowest BCUT2D eigenvalue weighted by Gasteiger charge is -2.54. The van der Waals surface area contributed by atoms with Gasteiger partial charge in [0.2, 0.25) is 0 Å². The molecule has 7 heteroatoms. The maximum Gasteiger partial charge on any atom is 0.191 e. The average molecular weight is 434 g/mol. The summed E-state index contributed by atoms with van der Waals surface area (Å²) in [6, 6.07) is 2.31. The molecule has 1 heterocycles. The monoisotopic (exact) mass is 434 g/mol. The molecule has 2 unspecified atom stereocenters. The van der Waals surface area contributed by atoms with Gasteiger partial charge in [0.05, 0.1) is 12.6 Å². The van der Waals surface area contributed by atoms with Crippen LogP contribution in [0.15, 0.2) is 21.8 Å². The summed E-state index contributed by atoms with van der Waals surface area (Å²) in [5.74, 6) is 0.828. The molecule has 3 rings (SSSR count). The predicted octanol–water partition coefficient (Wildman–Crippen LogP) is 2.70. The molecule has 2 N–H and O–H groups in total. The molecule has 1 aromatic rings. The van der Waals surface area contributed by atoms with Crippen molar-refractivity contribution in [2.24, 2.45) is 10.4 Å². The highest BCUT2D eigenvalue weighted by Gasteiger charge is 2.56. The third-order valence-electron chi connectivity index (χ3n) is 5.15. The van der Waals surface area contributed by atoms with Gasteiger partial charge in [0.1, 0.15) is 12.0 Å². The zero-order chi connectivity index (χ0) is 15.4. The van der Waals surface area contributed by atoms with Crippen LogP contribution in [0.5, 0.6) is 0 Å². The molecule has 0 aromatic carbocycles. The molecule has 1 aromatic heterocycles. The minimum Gasteiger partial charge on any atom is -0.378 e. The first kappa shape index (κ1) is 18.5. The van der Waals surface area contributed by atoms with Crippen molar-refractivity contribution in [1.82, 2.24) is 15.8 Å². The fourth-order valence-corrected chi connectivity index (χ4v) is 3.95. The van der Waals surface area contributed by atoms with Gasteiger partial charge < -0.3 is 19.9 Å². The van der Waals surface area contributed by atoms with E-state index in [-0.39, 0.29) is 24.0 Å². The molecule has 2 atom stereocenters. The number of hydrogen-bond acceptors (Lipinski definition) is 4. The Kier molecular flexibility index (Phi) is 6.70. The molecule has 0 aliphatic heterocycles. The van der Waals surface area contributed by atoms with E-state index < -0.39 is 0 Å². The minimum atomic E-state index is 0. The molecule has 2 fully saturated rings. The summed E-state index contributed by atoms with van der Waals surface area (Å²) in [6.07, 6.45) is 8.20. The Hall–Kier alpha value is -0.830. The molecular formula is C16H27IN4O2. The van der Waals surface area contributed by atoms with E-state index in [9.17, 15) is 0 Å². The van der Waals surface area contributed by atoms with Gasteiger partial charge in [-0.1, -0.05) is 18.0 Å². The maximum atomic E-state index is 5.96. The van der Waals surface area contributed by atoms with Gasteiger partial charge in [0.15, 0.2) is 5.96 Å². The van der Waals surface area contributed by atoms with Crippen molar-refractivity contribution in [2.75, 3.05) is 13.7 Å². The molecule has 0 radical (unpaired) electrons. The van der Waals surface area contributed by atoms with Gasteiger partial charge >= 0.3 is 0 Å². The minimum absolute atomic E-state index is 0. The van der Waals surface area contributed by atoms with Crippen molar-refractivity contribution < 1.29 is 9.26 Å². The highest BCUT2D eigenvalue weighted by Crippen LogP contribution is 2.54. The number of aliphatic imine (C=N–C) groups is 1. The van der Waals surface area contributed by atoms with Crippen LogP contribution in [-0.4, -0.2) is 36.9 Å². The van der Waals surface area contributed by atoms with Crippen molar-refractivity contribution >= 4 is 29.9 Å². The topological polar surface area (TPSA) is 71.7 Å². The van der Waals surface area contributed by atoms with Gasteiger partial charge in [-0.2, -0.15) is 0 Å². The summed E-state index contributed by atoms with van der Waals surface area (Å²) < 4.78 is 10.8. The van der Waals surface area contributed by atoms with Crippen LogP contribution >= 0.6 is 24.0 Å². The van der Waals surface area contributed by atoms with Crippen LogP contribution in [0.25, 0.3) is 0 Å². The Morgan fingerprint density at radius 1 is 1.48 bits per heavy atom. The van der Waals surface area contributed by atoms with E-state index in [1.54, 1.807) is 13.3 Å². The van der Waals surface area contributed by atoms with E-state index in [4.69, 9.17) is 9.26 Å². The van der Waals surface area contributed by atoms with Gasteiger partial charge in [0.25, 0.3) is 0 Å². The van der Waals surface area contributed by atoms with Crippen LogP contribution in [0.2, 0.25) is 0 Å². The molecule has 2 saturated carbocycles. The SMILES string of the molecule is CCOC1CC(NC(=NC)NCc2ccon2)C12CCCC2.I. The molecule has 2 aliphatic carbocycles. The number of guanidine groups is 1. The van der Waals surface area contributed by atoms with Gasteiger partial charge in [-0.3, -0.25) is 4.99 Å². The molecule has 0 bridgehead atoms. The summed E-state index contributed by atoms with van der Waals surface area (Å²) in [5, 5.41) is 10.8. The lowest BCUT2D eigenvalue weighted by molar-refractivity contribution is -0.125. The van der Waals surface area contributed by atoms with Crippen LogP contribution in [0.1, 0.15) is 44.7 Å². The Bertz CT molecular complexity index is 500. The van der Waals surface area contributed by atoms with Crippen LogP contribution in [0, 0.1) is 5.41 Å². The summed E-state index contributed by atoms with van der Waals surface area (Å²) in [5.41, 5.74) is 1.18. The Labute approximate surface area is 154 Å². The van der Waals surface area contributed by atoms with Crippen molar-refractivity contribution in [3.63, 3.8) is 0 Å². The number of aromatic nitrogens is 1. The van der Waals surface area contributed by atoms with E-state index in [0.717, 1.165) is 24.7 Å². The summed E-state index contributed by atoms with van der Waals surface area (Å²) in [7, 11) is 1.80. The predicted molar refractivity (Wildman–Crippen MR) is 100.0 cm³/mol. The van der Waals surface area contributed by atoms with Gasteiger partial charge in [0, 0.05) is 31.2 Å². The third-order valence-corrected chi connectivity index (χ3v) is 5.15. The fourth-order valence-electron chi connectivity index (χ4n) is 3.95. The molecule has 0 amide bonds. The Morgan fingerprint density at radius 2 is 2.26 bits per heavy atom. The van der Waals surface area contributed by atoms with Crippen LogP contribution in [0.3, 0.4) is 0 Å². The molecule has 1 spiro atoms. The second-order valence-corrected chi connectivity index (χ2v) is 6.23. The van der Waals surface area contributed by atoms with Crippen LogP contribution in [-0.2, 0) is 11.3 Å². The zero-order valence-electron chi connectivity index (χ0n) is 13.9. The lowest BCUT2D eigenvalue weighted by Crippen LogP contribution is -2.65. The van der Waals surface area contributed by atoms with E-state index in [2.05, 4.69) is 27.7 Å². The van der Waals surface area contributed by atoms with Gasteiger partial charge in [-0.15, -0.1) is 24.0 Å². The van der Waals surface area contributed by atoms with E-state index in [0.29, 0.717) is 24.1 Å². The first-order chi connectivity index (χ1) is 10.8. The fraction of sp³-hybridized carbons (Fsp3) is 0.750. The lowest BCUT2D eigenvalue weighted by atomic mass is 9.60. The van der Waals surface area contributed by atoms with Crippen molar-refractivity contribution in [1.29, 1.82) is 0 Å². The van der Waals surface area contributed by atoms with Crippen molar-refractivity contribution in [3.8, 4) is 0 Å². The normalized spacial score (nSPS) is 25.7. The summed E-state index contributed by atoms with van der Waals surface area (Å²) >= 11 is 0. The van der Waals surface area contributed by atoms with E-state index >= 15 is 0 Å². The first-order valence-corrected chi connectivity index (χ1v) is 8.26. The Balaban J connectivity index is 0.00000192. The second-order valence-electron chi connectivity index (χ2n) is 6.23. The van der Waals surface area contributed by atoms with Crippen molar-refractivity contribution in [2.45, 2.75) is 57.7 Å². The number of hydrogen-bond donors (Lipinski definition) is 2. The Morgan fingerprint density at radius 3 is 2.87 bits per heavy atom. The zero-order valence-corrected chi connectivity index (χ0v) is 16.2. The summed E-state index contributed by atoms with van der Waals surface area (Å²) in [4.78, 5) is 4.33. The molecule has 23 heavy (non-hydrogen) atoms. The number of rotatable bonds is 5. The quantitative estimate of drug-likeness (QED) is 0.424. The highest BCUT2D eigenvalue weighted by atomic mass is 127. The van der Waals surface area contributed by atoms with Crippen molar-refractivity contribution in [3.05, 3.63) is 18.0 Å². The average Bonchev–Trinajstić information content (AvgIpc) is 3.21. The number of halogens is 1. The summed E-state index contributed by atoms with van der Waals surface area (Å²) in [6.45, 7) is 3.50. The van der Waals surface area contributed by atoms with Gasteiger partial charge in [-0.05, 0) is 26.2 Å². The molecule has 0 saturated heterocycles. The molecule has 130 valence electrons. The number of ether oxygens (including phenoxy) is 1. The number of nitrogens with zero attached hydrogens (tertiary/aromatic N) is 2. The van der Waals surface area contributed by atoms with Crippen LogP contribution < -0.4 is 10.6 Å². The molecule has 6 nitrogen and oxygen atoms in total. The maximum absolute atomic E-state index is 5.96. The van der Waals surface area contributed by atoms with E-state index in [1.165, 1.54) is 25.7 Å².